The average molecular weight is 184 g/mol. The molecule has 0 fully saturated rings. The third-order valence-corrected chi connectivity index (χ3v) is 1.33. The highest BCUT2D eigenvalue weighted by molar-refractivity contribution is 5.03. The summed E-state index contributed by atoms with van der Waals surface area (Å²) in [6.45, 7) is 12.3. The Hall–Kier alpha value is -0.790. The maximum atomic E-state index is 4.23. The van der Waals surface area contributed by atoms with Crippen molar-refractivity contribution in [3.05, 3.63) is 18.0 Å². The number of aromatic nitrogens is 2. The van der Waals surface area contributed by atoms with Gasteiger partial charge in [-0.25, -0.2) is 0 Å². The molecular formula is C11H24N2. The van der Waals surface area contributed by atoms with Gasteiger partial charge in [-0.1, -0.05) is 41.5 Å². The lowest BCUT2D eigenvalue weighted by Gasteiger charge is -1.95. The van der Waals surface area contributed by atoms with Crippen LogP contribution in [0.4, 0.5) is 0 Å². The van der Waals surface area contributed by atoms with Crippen molar-refractivity contribution >= 4 is 0 Å². The van der Waals surface area contributed by atoms with E-state index in [0.29, 0.717) is 5.92 Å². The lowest BCUT2D eigenvalue weighted by molar-refractivity contribution is 0.713. The Kier molecular flexibility index (Phi) is 10.5. The fourth-order valence-corrected chi connectivity index (χ4v) is 0.741. The van der Waals surface area contributed by atoms with E-state index in [2.05, 4.69) is 18.9 Å². The van der Waals surface area contributed by atoms with Crippen molar-refractivity contribution in [2.75, 3.05) is 0 Å². The van der Waals surface area contributed by atoms with Gasteiger partial charge in [0.1, 0.15) is 0 Å². The summed E-state index contributed by atoms with van der Waals surface area (Å²) in [6, 6.07) is 2.05. The highest BCUT2D eigenvalue weighted by atomic mass is 15.2. The number of rotatable bonds is 1. The quantitative estimate of drug-likeness (QED) is 0.652. The molecule has 0 saturated carbocycles. The first-order valence-electron chi connectivity index (χ1n) is 5.19. The molecule has 1 aromatic rings. The van der Waals surface area contributed by atoms with Crippen molar-refractivity contribution < 1.29 is 0 Å². The zero-order valence-corrected chi connectivity index (χ0v) is 10.1. The molecule has 0 amide bonds. The molecule has 13 heavy (non-hydrogen) atoms. The molecule has 1 rings (SSSR count). The van der Waals surface area contributed by atoms with Gasteiger partial charge >= 0.3 is 0 Å². The average Bonchev–Trinajstić information content (AvgIpc) is 2.59. The van der Waals surface area contributed by atoms with E-state index in [9.17, 15) is 0 Å². The molecule has 0 atom stereocenters. The Morgan fingerprint density at radius 1 is 1.15 bits per heavy atom. The summed E-state index contributed by atoms with van der Waals surface area (Å²) in [5.74, 6) is 0.547. The van der Waals surface area contributed by atoms with Crippen LogP contribution in [-0.4, -0.2) is 9.78 Å². The van der Waals surface area contributed by atoms with E-state index in [4.69, 9.17) is 0 Å². The van der Waals surface area contributed by atoms with Crippen LogP contribution < -0.4 is 0 Å². The third kappa shape index (κ3) is 6.38. The van der Waals surface area contributed by atoms with Crippen LogP contribution in [0.15, 0.2) is 12.3 Å². The van der Waals surface area contributed by atoms with Crippen LogP contribution in [0.25, 0.3) is 0 Å². The summed E-state index contributed by atoms with van der Waals surface area (Å²) in [5, 5.41) is 4.23. The normalized spacial score (nSPS) is 8.31. The van der Waals surface area contributed by atoms with Crippen molar-refractivity contribution in [2.24, 2.45) is 7.05 Å². The van der Waals surface area contributed by atoms with Crippen molar-refractivity contribution in [1.29, 1.82) is 0 Å². The minimum atomic E-state index is 0.547. The van der Waals surface area contributed by atoms with E-state index in [1.807, 2.05) is 51.7 Å². The van der Waals surface area contributed by atoms with Crippen LogP contribution >= 0.6 is 0 Å². The third-order valence-electron chi connectivity index (χ3n) is 1.33. The Bertz CT molecular complexity index is 190. The second-order valence-corrected chi connectivity index (χ2v) is 2.57. The molecule has 0 aromatic carbocycles. The predicted octanol–water partition coefficient (Wildman–Crippen LogP) is 3.60. The minimum absolute atomic E-state index is 0.547. The summed E-state index contributed by atoms with van der Waals surface area (Å²) in [7, 11) is 1.94. The summed E-state index contributed by atoms with van der Waals surface area (Å²) in [6.07, 6.45) is 1.97. The van der Waals surface area contributed by atoms with E-state index in [0.717, 1.165) is 5.69 Å². The lowest BCUT2D eigenvalue weighted by Crippen LogP contribution is -1.92. The van der Waals surface area contributed by atoms with Gasteiger partial charge in [0.05, 0.1) is 5.69 Å². The van der Waals surface area contributed by atoms with Gasteiger partial charge in [0.25, 0.3) is 0 Å². The zero-order chi connectivity index (χ0) is 10.9. The smallest absolute Gasteiger partial charge is 0.0649 e. The molecule has 0 spiro atoms. The second kappa shape index (κ2) is 9.30. The molecule has 0 bridgehead atoms. The predicted molar refractivity (Wildman–Crippen MR) is 60.0 cm³/mol. The zero-order valence-electron chi connectivity index (χ0n) is 10.1. The minimum Gasteiger partial charge on any atom is -0.276 e. The molecule has 0 N–H and O–H groups in total. The monoisotopic (exact) mass is 184 g/mol. The Morgan fingerprint density at radius 3 is 1.77 bits per heavy atom. The van der Waals surface area contributed by atoms with Gasteiger partial charge in [-0.15, -0.1) is 0 Å². The maximum Gasteiger partial charge on any atom is 0.0649 e. The Balaban J connectivity index is 0. The van der Waals surface area contributed by atoms with Gasteiger partial charge in [-0.3, -0.25) is 4.68 Å². The SMILES string of the molecule is CC.CC.CC(C)c1ccn(C)n1. The molecule has 1 heterocycles. The van der Waals surface area contributed by atoms with Crippen LogP contribution in [0.5, 0.6) is 0 Å². The molecule has 2 heteroatoms. The molecule has 2 nitrogen and oxygen atoms in total. The molecule has 0 radical (unpaired) electrons. The summed E-state index contributed by atoms with van der Waals surface area (Å²) < 4.78 is 1.83. The summed E-state index contributed by atoms with van der Waals surface area (Å²) >= 11 is 0. The molecule has 0 aliphatic rings. The molecule has 0 aliphatic heterocycles. The highest BCUT2D eigenvalue weighted by Crippen LogP contribution is 2.08. The number of aryl methyl sites for hydroxylation is 1. The number of hydrogen-bond acceptors (Lipinski definition) is 1. The number of nitrogens with zero attached hydrogens (tertiary/aromatic N) is 2. The highest BCUT2D eigenvalue weighted by Gasteiger charge is 1.99. The van der Waals surface area contributed by atoms with Crippen molar-refractivity contribution in [1.82, 2.24) is 9.78 Å². The van der Waals surface area contributed by atoms with Crippen LogP contribution in [0.3, 0.4) is 0 Å². The van der Waals surface area contributed by atoms with Gasteiger partial charge in [0.15, 0.2) is 0 Å². The fourth-order valence-electron chi connectivity index (χ4n) is 0.741. The standard InChI is InChI=1S/C7H12N2.2C2H6/c1-6(2)7-4-5-9(3)8-7;2*1-2/h4-6H,1-3H3;2*1-2H3. The van der Waals surface area contributed by atoms with Crippen LogP contribution in [0.1, 0.15) is 53.2 Å². The topological polar surface area (TPSA) is 17.8 Å². The van der Waals surface area contributed by atoms with Gasteiger partial charge in [0.2, 0.25) is 0 Å². The molecule has 78 valence electrons. The van der Waals surface area contributed by atoms with Gasteiger partial charge in [-0.05, 0) is 12.0 Å². The molecular weight excluding hydrogens is 160 g/mol. The van der Waals surface area contributed by atoms with Crippen molar-refractivity contribution in [3.8, 4) is 0 Å². The summed E-state index contributed by atoms with van der Waals surface area (Å²) in [4.78, 5) is 0. The fraction of sp³-hybridized carbons (Fsp3) is 0.727. The summed E-state index contributed by atoms with van der Waals surface area (Å²) in [5.41, 5.74) is 1.16. The van der Waals surface area contributed by atoms with Crippen LogP contribution in [0.2, 0.25) is 0 Å². The first-order chi connectivity index (χ1) is 6.20. The molecule has 0 saturated heterocycles. The van der Waals surface area contributed by atoms with Gasteiger partial charge in [-0.2, -0.15) is 5.10 Å². The largest absolute Gasteiger partial charge is 0.276 e. The van der Waals surface area contributed by atoms with Crippen molar-refractivity contribution in [3.63, 3.8) is 0 Å². The van der Waals surface area contributed by atoms with E-state index in [-0.39, 0.29) is 0 Å². The Labute approximate surface area is 83.0 Å². The van der Waals surface area contributed by atoms with E-state index in [1.165, 1.54) is 0 Å². The molecule has 0 aliphatic carbocycles. The second-order valence-electron chi connectivity index (χ2n) is 2.57. The molecule has 0 unspecified atom stereocenters. The van der Waals surface area contributed by atoms with Gasteiger partial charge < -0.3 is 0 Å². The van der Waals surface area contributed by atoms with E-state index >= 15 is 0 Å². The maximum absolute atomic E-state index is 4.23. The van der Waals surface area contributed by atoms with Crippen molar-refractivity contribution in [2.45, 2.75) is 47.5 Å². The first kappa shape index (κ1) is 14.7. The molecule has 1 aromatic heterocycles. The first-order valence-corrected chi connectivity index (χ1v) is 5.19. The van der Waals surface area contributed by atoms with E-state index < -0.39 is 0 Å². The van der Waals surface area contributed by atoms with Crippen LogP contribution in [-0.2, 0) is 7.05 Å². The van der Waals surface area contributed by atoms with Crippen LogP contribution in [0, 0.1) is 0 Å². The van der Waals surface area contributed by atoms with E-state index in [1.54, 1.807) is 0 Å². The number of hydrogen-bond donors (Lipinski definition) is 0. The van der Waals surface area contributed by atoms with Gasteiger partial charge in [0, 0.05) is 13.2 Å². The lowest BCUT2D eigenvalue weighted by atomic mass is 10.1. The Morgan fingerprint density at radius 2 is 1.62 bits per heavy atom.